The first-order chi connectivity index (χ1) is 13.5. The van der Waals surface area contributed by atoms with Crippen molar-refractivity contribution < 1.29 is 9.59 Å². The Bertz CT molecular complexity index is 945. The summed E-state index contributed by atoms with van der Waals surface area (Å²) < 4.78 is 0. The molecule has 0 bridgehead atoms. The molecule has 6 nitrogen and oxygen atoms in total. The second-order valence-electron chi connectivity index (χ2n) is 6.40. The van der Waals surface area contributed by atoms with Gasteiger partial charge in [-0.3, -0.25) is 9.78 Å². The highest BCUT2D eigenvalue weighted by Gasteiger charge is 2.18. The third-order valence-corrected chi connectivity index (χ3v) is 4.48. The molecule has 0 fully saturated rings. The summed E-state index contributed by atoms with van der Waals surface area (Å²) in [6.07, 6.45) is 3.24. The third-order valence-electron chi connectivity index (χ3n) is 4.48. The molecule has 1 atom stereocenters. The summed E-state index contributed by atoms with van der Waals surface area (Å²) in [5.41, 5.74) is 2.82. The maximum absolute atomic E-state index is 12.5. The molecule has 2 N–H and O–H groups in total. The number of anilines is 2. The number of amides is 3. The van der Waals surface area contributed by atoms with Crippen molar-refractivity contribution in [1.29, 1.82) is 0 Å². The number of nitrogens with zero attached hydrogens (tertiary/aromatic N) is 2. The smallest absolute Gasteiger partial charge is 0.322 e. The van der Waals surface area contributed by atoms with Gasteiger partial charge < -0.3 is 15.5 Å². The number of benzene rings is 2. The normalized spacial score (nSPS) is 11.4. The highest BCUT2D eigenvalue weighted by atomic mass is 16.2. The summed E-state index contributed by atoms with van der Waals surface area (Å²) in [5, 5.41) is 5.71. The number of urea groups is 1. The number of nitrogens with one attached hydrogen (secondary N) is 2. The molecule has 1 aromatic heterocycles. The van der Waals surface area contributed by atoms with Crippen LogP contribution in [-0.2, 0) is 0 Å². The summed E-state index contributed by atoms with van der Waals surface area (Å²) in [6.45, 7) is 1.93. The lowest BCUT2D eigenvalue weighted by Gasteiger charge is -2.26. The first kappa shape index (κ1) is 19.1. The van der Waals surface area contributed by atoms with E-state index in [1.165, 1.54) is 0 Å². The zero-order valence-corrected chi connectivity index (χ0v) is 15.8. The zero-order chi connectivity index (χ0) is 19.9. The van der Waals surface area contributed by atoms with Crippen molar-refractivity contribution >= 4 is 23.3 Å². The van der Waals surface area contributed by atoms with Crippen LogP contribution in [0, 0.1) is 0 Å². The van der Waals surface area contributed by atoms with E-state index in [2.05, 4.69) is 15.6 Å². The van der Waals surface area contributed by atoms with Crippen molar-refractivity contribution in [1.82, 2.24) is 9.88 Å². The molecule has 2 aromatic carbocycles. The Kier molecular flexibility index (Phi) is 6.01. The molecule has 1 unspecified atom stereocenters. The minimum atomic E-state index is -0.237. The van der Waals surface area contributed by atoms with Gasteiger partial charge in [-0.05, 0) is 48.9 Å². The van der Waals surface area contributed by atoms with Crippen LogP contribution in [0.25, 0.3) is 0 Å². The van der Waals surface area contributed by atoms with Crippen molar-refractivity contribution in [3.05, 3.63) is 90.3 Å². The number of carbonyl (C=O) groups excluding carboxylic acids is 2. The Labute approximate surface area is 164 Å². The number of hydrogen-bond donors (Lipinski definition) is 2. The van der Waals surface area contributed by atoms with Gasteiger partial charge in [0.15, 0.2) is 0 Å². The molecule has 1 heterocycles. The molecule has 0 spiro atoms. The molecular weight excluding hydrogens is 352 g/mol. The molecule has 0 aliphatic heterocycles. The van der Waals surface area contributed by atoms with Gasteiger partial charge in [0, 0.05) is 24.5 Å². The number of pyridine rings is 1. The van der Waals surface area contributed by atoms with Crippen molar-refractivity contribution in [3.8, 4) is 0 Å². The van der Waals surface area contributed by atoms with E-state index in [4.69, 9.17) is 0 Å². The number of rotatable bonds is 5. The van der Waals surface area contributed by atoms with Gasteiger partial charge in [-0.15, -0.1) is 0 Å². The van der Waals surface area contributed by atoms with Crippen LogP contribution in [0.4, 0.5) is 16.2 Å². The Morgan fingerprint density at radius 2 is 1.68 bits per heavy atom. The SMILES string of the molecule is CC(c1cccc(NC(=O)c2ccccc2)c1)N(C)C(=O)Nc1cccnc1. The molecule has 0 aliphatic carbocycles. The quantitative estimate of drug-likeness (QED) is 0.687. The van der Waals surface area contributed by atoms with Crippen LogP contribution in [0.15, 0.2) is 79.1 Å². The van der Waals surface area contributed by atoms with Crippen molar-refractivity contribution in [3.63, 3.8) is 0 Å². The second kappa shape index (κ2) is 8.81. The fraction of sp³-hybridized carbons (Fsp3) is 0.136. The number of aromatic nitrogens is 1. The Morgan fingerprint density at radius 3 is 2.39 bits per heavy atom. The fourth-order valence-corrected chi connectivity index (χ4v) is 2.72. The molecule has 6 heteroatoms. The van der Waals surface area contributed by atoms with Gasteiger partial charge in [0.25, 0.3) is 5.91 Å². The van der Waals surface area contributed by atoms with E-state index in [0.717, 1.165) is 5.56 Å². The zero-order valence-electron chi connectivity index (χ0n) is 15.8. The van der Waals surface area contributed by atoms with E-state index < -0.39 is 0 Å². The lowest BCUT2D eigenvalue weighted by molar-refractivity contribution is 0.102. The average Bonchev–Trinajstić information content (AvgIpc) is 2.74. The monoisotopic (exact) mass is 374 g/mol. The first-order valence-corrected chi connectivity index (χ1v) is 8.95. The lowest BCUT2D eigenvalue weighted by atomic mass is 10.1. The fourth-order valence-electron chi connectivity index (χ4n) is 2.72. The minimum absolute atomic E-state index is 0.173. The summed E-state index contributed by atoms with van der Waals surface area (Å²) in [6, 6.07) is 19.6. The van der Waals surface area contributed by atoms with Crippen LogP contribution < -0.4 is 10.6 Å². The van der Waals surface area contributed by atoms with Crippen LogP contribution in [0.1, 0.15) is 28.9 Å². The topological polar surface area (TPSA) is 74.3 Å². The van der Waals surface area contributed by atoms with E-state index in [1.54, 1.807) is 48.6 Å². The van der Waals surface area contributed by atoms with Crippen LogP contribution in [0.2, 0.25) is 0 Å². The standard InChI is InChI=1S/C22H22N4O2/c1-16(26(2)22(28)25-20-12-7-13-23-15-20)18-10-6-11-19(14-18)24-21(27)17-8-4-3-5-9-17/h3-16H,1-2H3,(H,24,27)(H,25,28). The van der Waals surface area contributed by atoms with Crippen LogP contribution >= 0.6 is 0 Å². The predicted molar refractivity (Wildman–Crippen MR) is 110 cm³/mol. The molecule has 3 amide bonds. The van der Waals surface area contributed by atoms with E-state index in [-0.39, 0.29) is 18.0 Å². The maximum Gasteiger partial charge on any atom is 0.322 e. The second-order valence-corrected chi connectivity index (χ2v) is 6.40. The Morgan fingerprint density at radius 1 is 0.929 bits per heavy atom. The van der Waals surface area contributed by atoms with E-state index in [0.29, 0.717) is 16.9 Å². The molecule has 0 aliphatic rings. The van der Waals surface area contributed by atoms with Gasteiger partial charge >= 0.3 is 6.03 Å². The molecule has 0 saturated heterocycles. The van der Waals surface area contributed by atoms with Gasteiger partial charge in [0.1, 0.15) is 0 Å². The van der Waals surface area contributed by atoms with Gasteiger partial charge in [0.05, 0.1) is 17.9 Å². The number of carbonyl (C=O) groups is 2. The van der Waals surface area contributed by atoms with Crippen molar-refractivity contribution in [2.24, 2.45) is 0 Å². The third kappa shape index (κ3) is 4.73. The molecule has 3 rings (SSSR count). The molecule has 142 valence electrons. The van der Waals surface area contributed by atoms with E-state index in [1.807, 2.05) is 49.4 Å². The average molecular weight is 374 g/mol. The molecule has 28 heavy (non-hydrogen) atoms. The Hall–Kier alpha value is -3.67. The predicted octanol–water partition coefficient (Wildman–Crippen LogP) is 4.56. The highest BCUT2D eigenvalue weighted by Crippen LogP contribution is 2.23. The molecule has 3 aromatic rings. The summed E-state index contributed by atoms with van der Waals surface area (Å²) >= 11 is 0. The Balaban J connectivity index is 1.68. The van der Waals surface area contributed by atoms with Gasteiger partial charge in [-0.1, -0.05) is 30.3 Å². The largest absolute Gasteiger partial charge is 0.322 e. The summed E-state index contributed by atoms with van der Waals surface area (Å²) in [5.74, 6) is -0.173. The van der Waals surface area contributed by atoms with E-state index in [9.17, 15) is 9.59 Å². The summed E-state index contributed by atoms with van der Waals surface area (Å²) in [7, 11) is 1.73. The minimum Gasteiger partial charge on any atom is -0.322 e. The van der Waals surface area contributed by atoms with Crippen LogP contribution in [0.3, 0.4) is 0 Å². The van der Waals surface area contributed by atoms with Gasteiger partial charge in [-0.2, -0.15) is 0 Å². The van der Waals surface area contributed by atoms with Gasteiger partial charge in [-0.25, -0.2) is 4.79 Å². The lowest BCUT2D eigenvalue weighted by Crippen LogP contribution is -2.33. The number of hydrogen-bond acceptors (Lipinski definition) is 3. The van der Waals surface area contributed by atoms with Crippen molar-refractivity contribution in [2.75, 3.05) is 17.7 Å². The van der Waals surface area contributed by atoms with E-state index >= 15 is 0 Å². The molecular formula is C22H22N4O2. The first-order valence-electron chi connectivity index (χ1n) is 8.95. The maximum atomic E-state index is 12.5. The van der Waals surface area contributed by atoms with Crippen LogP contribution in [-0.4, -0.2) is 28.9 Å². The van der Waals surface area contributed by atoms with Crippen molar-refractivity contribution in [2.45, 2.75) is 13.0 Å². The molecule has 0 radical (unpaired) electrons. The summed E-state index contributed by atoms with van der Waals surface area (Å²) in [4.78, 5) is 30.4. The van der Waals surface area contributed by atoms with Gasteiger partial charge in [0.2, 0.25) is 0 Å². The highest BCUT2D eigenvalue weighted by molar-refractivity contribution is 6.04. The van der Waals surface area contributed by atoms with Crippen LogP contribution in [0.5, 0.6) is 0 Å². The molecule has 0 saturated carbocycles.